The molecule has 9 nitrogen and oxygen atoms in total. The van der Waals surface area contributed by atoms with Crippen LogP contribution in [0.5, 0.6) is 0 Å². The highest BCUT2D eigenvalue weighted by atomic mass is 35.5. The van der Waals surface area contributed by atoms with E-state index in [0.29, 0.717) is 29.4 Å². The van der Waals surface area contributed by atoms with Crippen LogP contribution in [-0.2, 0) is 28.1 Å². The number of hydrogen-bond donors (Lipinski definition) is 2. The van der Waals surface area contributed by atoms with E-state index in [1.165, 1.54) is 6.33 Å². The molecule has 0 aliphatic carbocycles. The second-order valence-electron chi connectivity index (χ2n) is 7.22. The van der Waals surface area contributed by atoms with Crippen LogP contribution >= 0.6 is 11.6 Å². The van der Waals surface area contributed by atoms with Crippen LogP contribution in [0.2, 0.25) is 5.02 Å². The molecule has 162 valence electrons. The van der Waals surface area contributed by atoms with Crippen LogP contribution in [0.1, 0.15) is 11.1 Å². The molecule has 2 aromatic carbocycles. The van der Waals surface area contributed by atoms with Gasteiger partial charge in [-0.1, -0.05) is 29.8 Å². The minimum Gasteiger partial charge on any atom is -0.383 e. The van der Waals surface area contributed by atoms with E-state index in [0.717, 1.165) is 20.8 Å². The van der Waals surface area contributed by atoms with Gasteiger partial charge >= 0.3 is 0 Å². The van der Waals surface area contributed by atoms with Gasteiger partial charge in [0.05, 0.1) is 12.1 Å². The second kappa shape index (κ2) is 8.75. The third-order valence-corrected chi connectivity index (χ3v) is 6.81. The molecule has 11 heteroatoms. The largest absolute Gasteiger partial charge is 0.383 e. The number of anilines is 1. The van der Waals surface area contributed by atoms with Crippen molar-refractivity contribution in [1.29, 1.82) is 0 Å². The maximum Gasteiger partial charge on any atom is 0.280 e. The minimum absolute atomic E-state index is 0.0966. The number of nitrogens with two attached hydrogens (primary N) is 1. The molecule has 0 atom stereocenters. The molecular formula is C20H21ClN6O3S. The van der Waals surface area contributed by atoms with Crippen LogP contribution in [0, 0.1) is 0 Å². The fourth-order valence-electron chi connectivity index (χ4n) is 3.41. The smallest absolute Gasteiger partial charge is 0.280 e. The Morgan fingerprint density at radius 1 is 1.10 bits per heavy atom. The summed E-state index contributed by atoms with van der Waals surface area (Å²) in [6.07, 6.45) is 1.40. The van der Waals surface area contributed by atoms with Crippen LogP contribution in [-0.4, -0.2) is 53.1 Å². The Morgan fingerprint density at radius 2 is 1.94 bits per heavy atom. The summed E-state index contributed by atoms with van der Waals surface area (Å²) < 4.78 is 28.9. The molecule has 1 aliphatic heterocycles. The van der Waals surface area contributed by atoms with Gasteiger partial charge in [-0.3, -0.25) is 4.79 Å². The Labute approximate surface area is 185 Å². The van der Waals surface area contributed by atoms with Crippen molar-refractivity contribution in [1.82, 2.24) is 23.9 Å². The molecule has 1 aliphatic rings. The first kappa shape index (κ1) is 21.4. The molecule has 3 N–H and O–H groups in total. The summed E-state index contributed by atoms with van der Waals surface area (Å²) in [5.41, 5.74) is 8.17. The van der Waals surface area contributed by atoms with E-state index in [9.17, 15) is 13.2 Å². The highest BCUT2D eigenvalue weighted by Gasteiger charge is 2.31. The molecule has 0 bridgehead atoms. The SMILES string of the molecule is Nc1ncnc2cc(CN3CCN(S(=O)(=O)NCc4cccc(Cl)c4)CC3=O)ccc12. The Kier molecular flexibility index (Phi) is 6.05. The lowest BCUT2D eigenvalue weighted by Gasteiger charge is -2.33. The third-order valence-electron chi connectivity index (χ3n) is 5.08. The number of nitrogens with zero attached hydrogens (tertiary/aromatic N) is 4. The monoisotopic (exact) mass is 460 g/mol. The Morgan fingerprint density at radius 3 is 2.71 bits per heavy atom. The zero-order chi connectivity index (χ0) is 22.0. The van der Waals surface area contributed by atoms with Gasteiger partial charge < -0.3 is 10.6 Å². The van der Waals surface area contributed by atoms with Crippen LogP contribution in [0.4, 0.5) is 5.82 Å². The average Bonchev–Trinajstić information content (AvgIpc) is 2.74. The van der Waals surface area contributed by atoms with E-state index >= 15 is 0 Å². The summed E-state index contributed by atoms with van der Waals surface area (Å²) in [5, 5.41) is 1.28. The lowest BCUT2D eigenvalue weighted by molar-refractivity contribution is -0.134. The molecule has 1 aromatic heterocycles. The highest BCUT2D eigenvalue weighted by molar-refractivity contribution is 7.87. The first-order chi connectivity index (χ1) is 14.8. The van der Waals surface area contributed by atoms with Crippen molar-refractivity contribution in [3.63, 3.8) is 0 Å². The van der Waals surface area contributed by atoms with Gasteiger partial charge in [0.15, 0.2) is 0 Å². The first-order valence-corrected chi connectivity index (χ1v) is 11.4. The van der Waals surface area contributed by atoms with Gasteiger partial charge in [-0.05, 0) is 35.4 Å². The number of hydrogen-bond acceptors (Lipinski definition) is 6. The average molecular weight is 461 g/mol. The molecule has 0 saturated carbocycles. The summed E-state index contributed by atoms with van der Waals surface area (Å²) in [6, 6.07) is 12.5. The summed E-state index contributed by atoms with van der Waals surface area (Å²) in [7, 11) is -3.80. The Bertz CT molecular complexity index is 1240. The fourth-order valence-corrected chi connectivity index (χ4v) is 4.76. The van der Waals surface area contributed by atoms with Gasteiger partial charge in [0.2, 0.25) is 5.91 Å². The number of carbonyl (C=O) groups is 1. The quantitative estimate of drug-likeness (QED) is 0.575. The van der Waals surface area contributed by atoms with Gasteiger partial charge in [-0.2, -0.15) is 17.4 Å². The van der Waals surface area contributed by atoms with E-state index in [1.807, 2.05) is 18.2 Å². The van der Waals surface area contributed by atoms with Gasteiger partial charge in [-0.25, -0.2) is 9.97 Å². The van der Waals surface area contributed by atoms with E-state index in [2.05, 4.69) is 14.7 Å². The fraction of sp³-hybridized carbons (Fsp3) is 0.250. The molecule has 0 unspecified atom stereocenters. The Hall–Kier alpha value is -2.79. The predicted octanol–water partition coefficient (Wildman–Crippen LogP) is 1.54. The number of piperazine rings is 1. The summed E-state index contributed by atoms with van der Waals surface area (Å²) in [6.45, 7) is 0.746. The second-order valence-corrected chi connectivity index (χ2v) is 9.41. The van der Waals surface area contributed by atoms with Crippen LogP contribution in [0.3, 0.4) is 0 Å². The van der Waals surface area contributed by atoms with Crippen LogP contribution < -0.4 is 10.5 Å². The normalized spacial score (nSPS) is 15.5. The molecule has 0 radical (unpaired) electrons. The van der Waals surface area contributed by atoms with Crippen molar-refractivity contribution < 1.29 is 13.2 Å². The van der Waals surface area contributed by atoms with E-state index in [-0.39, 0.29) is 25.5 Å². The lowest BCUT2D eigenvalue weighted by atomic mass is 10.1. The van der Waals surface area contributed by atoms with Gasteiger partial charge in [-0.15, -0.1) is 0 Å². The standard InChI is InChI=1S/C20H21ClN6O3S/c21-16-3-1-2-14(8-16)10-25-31(29,30)27-7-6-26(19(28)12-27)11-15-4-5-17-18(9-15)23-13-24-20(17)22/h1-5,8-9,13,25H,6-7,10-12H2,(H2,22,23,24). The number of rotatable bonds is 6. The predicted molar refractivity (Wildman–Crippen MR) is 118 cm³/mol. The van der Waals surface area contributed by atoms with Crippen molar-refractivity contribution in [3.8, 4) is 0 Å². The van der Waals surface area contributed by atoms with Gasteiger partial charge in [0.1, 0.15) is 12.1 Å². The zero-order valence-corrected chi connectivity index (χ0v) is 18.1. The number of carbonyl (C=O) groups excluding carboxylic acids is 1. The molecule has 1 fully saturated rings. The van der Waals surface area contributed by atoms with E-state index < -0.39 is 10.2 Å². The molecule has 2 heterocycles. The molecule has 3 aromatic rings. The Balaban J connectivity index is 1.38. The van der Waals surface area contributed by atoms with Gasteiger partial charge in [0.25, 0.3) is 10.2 Å². The number of fused-ring (bicyclic) bond motifs is 1. The number of nitrogens with one attached hydrogen (secondary N) is 1. The van der Waals surface area contributed by atoms with Gasteiger partial charge in [0, 0.05) is 36.6 Å². The van der Waals surface area contributed by atoms with Crippen molar-refractivity contribution in [3.05, 3.63) is 64.9 Å². The number of benzene rings is 2. The van der Waals surface area contributed by atoms with E-state index in [1.54, 1.807) is 29.2 Å². The number of nitrogen functional groups attached to an aromatic ring is 1. The van der Waals surface area contributed by atoms with Crippen molar-refractivity contribution >= 4 is 44.4 Å². The maximum absolute atomic E-state index is 12.6. The number of aromatic nitrogens is 2. The van der Waals surface area contributed by atoms with Crippen molar-refractivity contribution in [2.75, 3.05) is 25.4 Å². The maximum atomic E-state index is 12.6. The van der Waals surface area contributed by atoms with Crippen molar-refractivity contribution in [2.24, 2.45) is 0 Å². The number of halogens is 1. The van der Waals surface area contributed by atoms with Crippen molar-refractivity contribution in [2.45, 2.75) is 13.1 Å². The number of amides is 1. The zero-order valence-electron chi connectivity index (χ0n) is 16.5. The minimum atomic E-state index is -3.80. The first-order valence-electron chi connectivity index (χ1n) is 9.58. The highest BCUT2D eigenvalue weighted by Crippen LogP contribution is 2.20. The summed E-state index contributed by atoms with van der Waals surface area (Å²) >= 11 is 5.93. The van der Waals surface area contributed by atoms with Crippen LogP contribution in [0.25, 0.3) is 10.9 Å². The topological polar surface area (TPSA) is 122 Å². The molecular weight excluding hydrogens is 440 g/mol. The van der Waals surface area contributed by atoms with E-state index in [4.69, 9.17) is 17.3 Å². The molecule has 31 heavy (non-hydrogen) atoms. The summed E-state index contributed by atoms with van der Waals surface area (Å²) in [4.78, 5) is 22.4. The summed E-state index contributed by atoms with van der Waals surface area (Å²) in [5.74, 6) is 0.137. The molecule has 1 saturated heterocycles. The molecule has 4 rings (SSSR count). The lowest BCUT2D eigenvalue weighted by Crippen LogP contribution is -2.54. The molecule has 0 spiro atoms. The van der Waals surface area contributed by atoms with Crippen LogP contribution in [0.15, 0.2) is 48.8 Å². The third kappa shape index (κ3) is 4.93. The molecule has 1 amide bonds.